The molecule has 1 aromatic heterocycles. The summed E-state index contributed by atoms with van der Waals surface area (Å²) in [6.07, 6.45) is 7.07. The molecule has 1 amide bonds. The molecular weight excluding hydrogens is 378 g/mol. The number of benzene rings is 2. The van der Waals surface area contributed by atoms with Crippen LogP contribution in [0.2, 0.25) is 0 Å². The summed E-state index contributed by atoms with van der Waals surface area (Å²) in [6, 6.07) is 15.6. The van der Waals surface area contributed by atoms with E-state index in [0.29, 0.717) is 0 Å². The highest BCUT2D eigenvalue weighted by Gasteiger charge is 2.02. The van der Waals surface area contributed by atoms with Crippen molar-refractivity contribution >= 4 is 33.6 Å². The molecule has 3 rings (SSSR count). The number of amides is 1. The van der Waals surface area contributed by atoms with Crippen LogP contribution in [0.25, 0.3) is 6.08 Å². The molecule has 0 bridgehead atoms. The van der Waals surface area contributed by atoms with E-state index in [0.717, 1.165) is 33.7 Å². The van der Waals surface area contributed by atoms with Crippen LogP contribution in [0.4, 0.5) is 5.69 Å². The van der Waals surface area contributed by atoms with Crippen LogP contribution in [0.15, 0.2) is 71.5 Å². The van der Waals surface area contributed by atoms with Crippen LogP contribution < -0.4 is 5.32 Å². The molecule has 0 unspecified atom stereocenters. The van der Waals surface area contributed by atoms with Gasteiger partial charge in [0.1, 0.15) is 5.82 Å². The summed E-state index contributed by atoms with van der Waals surface area (Å²) >= 11 is 3.46. The van der Waals surface area contributed by atoms with Crippen LogP contribution in [0.1, 0.15) is 17.0 Å². The number of anilines is 1. The standard InChI is InChI=1S/C20H18BrN3O/c1-15-22-12-13-24(15)14-16-6-9-18(10-7-16)23-20(25)11-8-17-4-2-3-5-19(17)21/h2-13H,14H2,1H3,(H,23,25)/b11-8+. The summed E-state index contributed by atoms with van der Waals surface area (Å²) in [6.45, 7) is 2.74. The number of hydrogen-bond acceptors (Lipinski definition) is 2. The van der Waals surface area contributed by atoms with Gasteiger partial charge in [0.05, 0.1) is 0 Å². The first-order chi connectivity index (χ1) is 12.1. The molecule has 0 saturated carbocycles. The molecular formula is C20H18BrN3O. The summed E-state index contributed by atoms with van der Waals surface area (Å²) in [5.41, 5.74) is 2.89. The molecule has 0 aliphatic heterocycles. The molecule has 0 saturated heterocycles. The van der Waals surface area contributed by atoms with Crippen molar-refractivity contribution in [2.24, 2.45) is 0 Å². The lowest BCUT2D eigenvalue weighted by Gasteiger charge is -2.07. The molecule has 25 heavy (non-hydrogen) atoms. The number of carbonyl (C=O) groups excluding carboxylic acids is 1. The third kappa shape index (κ3) is 4.67. The van der Waals surface area contributed by atoms with Gasteiger partial charge < -0.3 is 9.88 Å². The van der Waals surface area contributed by atoms with Crippen LogP contribution in [0.3, 0.4) is 0 Å². The second-order valence-corrected chi connectivity index (χ2v) is 6.50. The highest BCUT2D eigenvalue weighted by Crippen LogP contribution is 2.17. The van der Waals surface area contributed by atoms with Crippen LogP contribution >= 0.6 is 15.9 Å². The van der Waals surface area contributed by atoms with Gasteiger partial charge in [-0.1, -0.05) is 46.3 Å². The van der Waals surface area contributed by atoms with Gasteiger partial charge in [-0.2, -0.15) is 0 Å². The minimum atomic E-state index is -0.158. The van der Waals surface area contributed by atoms with Crippen LogP contribution in [0.5, 0.6) is 0 Å². The fraction of sp³-hybridized carbons (Fsp3) is 0.100. The zero-order valence-electron chi connectivity index (χ0n) is 13.8. The normalized spacial score (nSPS) is 11.0. The number of nitrogens with one attached hydrogen (secondary N) is 1. The van der Waals surface area contributed by atoms with E-state index in [9.17, 15) is 4.79 Å². The van der Waals surface area contributed by atoms with Crippen molar-refractivity contribution in [3.8, 4) is 0 Å². The molecule has 126 valence electrons. The SMILES string of the molecule is Cc1nccn1Cc1ccc(NC(=O)/C=C/c2ccccc2Br)cc1. The van der Waals surface area contributed by atoms with E-state index < -0.39 is 0 Å². The Morgan fingerprint density at radius 2 is 1.96 bits per heavy atom. The maximum atomic E-state index is 12.1. The number of nitrogens with zero attached hydrogens (tertiary/aromatic N) is 2. The summed E-state index contributed by atoms with van der Waals surface area (Å²) in [7, 11) is 0. The topological polar surface area (TPSA) is 46.9 Å². The lowest BCUT2D eigenvalue weighted by atomic mass is 10.2. The Bertz CT molecular complexity index is 897. The van der Waals surface area contributed by atoms with Crippen molar-refractivity contribution in [1.82, 2.24) is 9.55 Å². The molecule has 0 fully saturated rings. The fourth-order valence-electron chi connectivity index (χ4n) is 2.42. The van der Waals surface area contributed by atoms with Gasteiger partial charge in [0.2, 0.25) is 5.91 Å². The molecule has 3 aromatic rings. The Hall–Kier alpha value is -2.66. The van der Waals surface area contributed by atoms with Gasteiger partial charge >= 0.3 is 0 Å². The Labute approximate surface area is 155 Å². The van der Waals surface area contributed by atoms with Crippen LogP contribution in [-0.4, -0.2) is 15.5 Å². The number of halogens is 1. The summed E-state index contributed by atoms with van der Waals surface area (Å²) < 4.78 is 3.03. The molecule has 1 heterocycles. The van der Waals surface area contributed by atoms with E-state index in [-0.39, 0.29) is 5.91 Å². The Balaban J connectivity index is 1.60. The largest absolute Gasteiger partial charge is 0.331 e. The second-order valence-electron chi connectivity index (χ2n) is 5.64. The minimum Gasteiger partial charge on any atom is -0.331 e. The van der Waals surface area contributed by atoms with E-state index in [1.807, 2.05) is 61.7 Å². The number of hydrogen-bond donors (Lipinski definition) is 1. The van der Waals surface area contributed by atoms with Crippen molar-refractivity contribution in [3.05, 3.63) is 88.4 Å². The van der Waals surface area contributed by atoms with E-state index in [2.05, 4.69) is 30.8 Å². The van der Waals surface area contributed by atoms with Crippen molar-refractivity contribution < 1.29 is 4.79 Å². The number of carbonyl (C=O) groups is 1. The molecule has 5 heteroatoms. The average Bonchev–Trinajstić information content (AvgIpc) is 3.01. The van der Waals surface area contributed by atoms with E-state index >= 15 is 0 Å². The molecule has 0 radical (unpaired) electrons. The molecule has 4 nitrogen and oxygen atoms in total. The van der Waals surface area contributed by atoms with Crippen molar-refractivity contribution in [1.29, 1.82) is 0 Å². The van der Waals surface area contributed by atoms with Gasteiger partial charge in [-0.05, 0) is 42.3 Å². The quantitative estimate of drug-likeness (QED) is 0.638. The van der Waals surface area contributed by atoms with Crippen molar-refractivity contribution in [2.45, 2.75) is 13.5 Å². The number of imidazole rings is 1. The number of aryl methyl sites for hydroxylation is 1. The smallest absolute Gasteiger partial charge is 0.248 e. The molecule has 0 spiro atoms. The first-order valence-electron chi connectivity index (χ1n) is 7.92. The van der Waals surface area contributed by atoms with E-state index in [1.54, 1.807) is 12.3 Å². The molecule has 0 aliphatic rings. The van der Waals surface area contributed by atoms with Crippen LogP contribution in [-0.2, 0) is 11.3 Å². The van der Waals surface area contributed by atoms with Gasteiger partial charge in [-0.3, -0.25) is 4.79 Å². The van der Waals surface area contributed by atoms with Gasteiger partial charge in [-0.15, -0.1) is 0 Å². The fourth-order valence-corrected chi connectivity index (χ4v) is 2.84. The average molecular weight is 396 g/mol. The first kappa shape index (κ1) is 17.2. The number of rotatable bonds is 5. The first-order valence-corrected chi connectivity index (χ1v) is 8.71. The Kier molecular flexibility index (Phi) is 5.46. The predicted molar refractivity (Wildman–Crippen MR) is 104 cm³/mol. The van der Waals surface area contributed by atoms with Crippen molar-refractivity contribution in [2.75, 3.05) is 5.32 Å². The summed E-state index contributed by atoms with van der Waals surface area (Å²) in [5, 5.41) is 2.87. The zero-order valence-corrected chi connectivity index (χ0v) is 15.4. The lowest BCUT2D eigenvalue weighted by molar-refractivity contribution is -0.111. The molecule has 0 aliphatic carbocycles. The van der Waals surface area contributed by atoms with E-state index in [4.69, 9.17) is 0 Å². The molecule has 2 aromatic carbocycles. The van der Waals surface area contributed by atoms with Crippen molar-refractivity contribution in [3.63, 3.8) is 0 Å². The highest BCUT2D eigenvalue weighted by molar-refractivity contribution is 9.10. The highest BCUT2D eigenvalue weighted by atomic mass is 79.9. The summed E-state index contributed by atoms with van der Waals surface area (Å²) in [5.74, 6) is 0.823. The third-order valence-corrected chi connectivity index (χ3v) is 4.54. The van der Waals surface area contributed by atoms with Gasteiger partial charge in [0, 0.05) is 35.2 Å². The van der Waals surface area contributed by atoms with Crippen LogP contribution in [0, 0.1) is 6.92 Å². The third-order valence-electron chi connectivity index (χ3n) is 3.82. The van der Waals surface area contributed by atoms with Gasteiger partial charge in [-0.25, -0.2) is 4.98 Å². The minimum absolute atomic E-state index is 0.158. The zero-order chi connectivity index (χ0) is 17.6. The Morgan fingerprint density at radius 3 is 2.64 bits per heavy atom. The predicted octanol–water partition coefficient (Wildman–Crippen LogP) is 4.65. The number of aromatic nitrogens is 2. The molecule has 0 atom stereocenters. The monoisotopic (exact) mass is 395 g/mol. The Morgan fingerprint density at radius 1 is 1.20 bits per heavy atom. The van der Waals surface area contributed by atoms with Gasteiger partial charge in [0.15, 0.2) is 0 Å². The van der Waals surface area contributed by atoms with Gasteiger partial charge in [0.25, 0.3) is 0 Å². The maximum absolute atomic E-state index is 12.1. The maximum Gasteiger partial charge on any atom is 0.248 e. The summed E-state index contributed by atoms with van der Waals surface area (Å²) in [4.78, 5) is 16.3. The lowest BCUT2D eigenvalue weighted by Crippen LogP contribution is -2.08. The van der Waals surface area contributed by atoms with E-state index in [1.165, 1.54) is 6.08 Å². The molecule has 1 N–H and O–H groups in total. The second kappa shape index (κ2) is 7.94.